The molecule has 2 aliphatic heterocycles. The second-order valence-corrected chi connectivity index (χ2v) is 9.04. The molecule has 2 amide bonds. The highest BCUT2D eigenvalue weighted by molar-refractivity contribution is 6.35. The average molecular weight is 550 g/mol. The number of oxime groups is 1. The van der Waals surface area contributed by atoms with Gasteiger partial charge in [-0.05, 0) is 42.3 Å². The van der Waals surface area contributed by atoms with Gasteiger partial charge in [0.05, 0.1) is 35.0 Å². The number of halogens is 6. The second kappa shape index (κ2) is 9.41. The molecule has 2 atom stereocenters. The Hall–Kier alpha value is -3.09. The molecule has 4 rings (SSSR count). The Labute approximate surface area is 211 Å². The molecule has 36 heavy (non-hydrogen) atoms. The first kappa shape index (κ1) is 26.0. The Morgan fingerprint density at radius 1 is 1.22 bits per heavy atom. The minimum Gasteiger partial charge on any atom is -0.463 e. The highest BCUT2D eigenvalue weighted by atomic mass is 35.5. The van der Waals surface area contributed by atoms with Crippen LogP contribution in [-0.4, -0.2) is 53.3 Å². The number of aryl methyl sites for hydroxylation is 1. The van der Waals surface area contributed by atoms with Crippen LogP contribution in [0.3, 0.4) is 0 Å². The third kappa shape index (κ3) is 4.67. The second-order valence-electron chi connectivity index (χ2n) is 8.22. The molecule has 2 heterocycles. The average Bonchev–Trinajstić information content (AvgIpc) is 3.45. The van der Waals surface area contributed by atoms with Crippen LogP contribution in [0.25, 0.3) is 0 Å². The van der Waals surface area contributed by atoms with Crippen LogP contribution >= 0.6 is 23.2 Å². The number of alkyl halides is 3. The van der Waals surface area contributed by atoms with Gasteiger partial charge in [0.2, 0.25) is 0 Å². The largest absolute Gasteiger partial charge is 0.463 e. The predicted molar refractivity (Wildman–Crippen MR) is 120 cm³/mol. The molecule has 0 aromatic heterocycles. The van der Waals surface area contributed by atoms with Gasteiger partial charge in [-0.25, -0.2) is 9.18 Å². The van der Waals surface area contributed by atoms with Crippen molar-refractivity contribution in [1.29, 1.82) is 0 Å². The van der Waals surface area contributed by atoms with E-state index < -0.39 is 57.7 Å². The summed E-state index contributed by atoms with van der Waals surface area (Å²) in [7, 11) is 0. The van der Waals surface area contributed by atoms with Crippen molar-refractivity contribution < 1.29 is 41.9 Å². The van der Waals surface area contributed by atoms with Crippen LogP contribution < -0.4 is 5.32 Å². The fraction of sp³-hybridized carbons (Fsp3) is 0.318. The fourth-order valence-corrected chi connectivity index (χ4v) is 4.40. The van der Waals surface area contributed by atoms with Gasteiger partial charge in [-0.3, -0.25) is 9.63 Å². The van der Waals surface area contributed by atoms with Gasteiger partial charge in [0.1, 0.15) is 0 Å². The number of hydrogen-bond donors (Lipinski definition) is 2. The van der Waals surface area contributed by atoms with E-state index in [2.05, 4.69) is 10.5 Å². The number of nitrogens with one attached hydrogen (secondary N) is 1. The summed E-state index contributed by atoms with van der Waals surface area (Å²) in [6.07, 6.45) is -6.98. The lowest BCUT2D eigenvalue weighted by Crippen LogP contribution is -2.42. The van der Waals surface area contributed by atoms with Crippen LogP contribution in [0.1, 0.15) is 33.5 Å². The number of amides is 2. The van der Waals surface area contributed by atoms with Crippen molar-refractivity contribution in [2.75, 3.05) is 13.2 Å². The number of carbonyl (C=O) groups excluding carboxylic acids is 1. The Bertz CT molecular complexity index is 1250. The molecule has 0 radical (unpaired) electrons. The lowest BCUT2D eigenvalue weighted by Gasteiger charge is -2.29. The van der Waals surface area contributed by atoms with E-state index in [1.165, 1.54) is 18.2 Å². The van der Waals surface area contributed by atoms with Gasteiger partial charge in [0.25, 0.3) is 11.5 Å². The first-order valence-electron chi connectivity index (χ1n) is 10.3. The third-order valence-electron chi connectivity index (χ3n) is 5.81. The van der Waals surface area contributed by atoms with E-state index in [0.717, 1.165) is 12.1 Å². The first-order valence-corrected chi connectivity index (χ1v) is 11.1. The van der Waals surface area contributed by atoms with Crippen LogP contribution in [0.5, 0.6) is 0 Å². The summed E-state index contributed by atoms with van der Waals surface area (Å²) in [4.78, 5) is 33.4. The van der Waals surface area contributed by atoms with Crippen LogP contribution in [0.4, 0.5) is 22.4 Å². The van der Waals surface area contributed by atoms with E-state index in [9.17, 15) is 27.2 Å². The van der Waals surface area contributed by atoms with Crippen LogP contribution in [-0.2, 0) is 15.3 Å². The number of hydrogen-bond acceptors (Lipinski definition) is 5. The standard InChI is InChI=1S/C22H17Cl2F4N3O5/c1-10-4-11(2-3-14(10)19(32)29-13-8-31(20(33)34)35-9-13)17-7-21(36-30-17,22(26,27)28)12-5-15(23)18(25)16(24)6-12/h2-6,13H,7-9H2,1H3,(H,29,32)(H,33,34)/t13-,21-/m0/s1. The van der Waals surface area contributed by atoms with Crippen molar-refractivity contribution >= 4 is 40.9 Å². The van der Waals surface area contributed by atoms with E-state index >= 15 is 0 Å². The molecular formula is C22H17Cl2F4N3O5. The van der Waals surface area contributed by atoms with E-state index in [0.29, 0.717) is 10.6 Å². The van der Waals surface area contributed by atoms with Crippen molar-refractivity contribution in [3.8, 4) is 0 Å². The van der Waals surface area contributed by atoms with Crippen molar-refractivity contribution in [2.45, 2.75) is 31.2 Å². The van der Waals surface area contributed by atoms with Gasteiger partial charge in [-0.15, -0.1) is 0 Å². The summed E-state index contributed by atoms with van der Waals surface area (Å²) in [5, 5.41) is 14.7. The number of carbonyl (C=O) groups is 2. The lowest BCUT2D eigenvalue weighted by atomic mass is 9.86. The van der Waals surface area contributed by atoms with Crippen LogP contribution in [0.2, 0.25) is 10.0 Å². The molecule has 2 aliphatic rings. The molecule has 0 spiro atoms. The van der Waals surface area contributed by atoms with Gasteiger partial charge < -0.3 is 15.3 Å². The Morgan fingerprint density at radius 2 is 1.89 bits per heavy atom. The maximum absolute atomic E-state index is 14.2. The molecule has 2 aromatic rings. The molecule has 0 aliphatic carbocycles. The molecule has 0 saturated carbocycles. The van der Waals surface area contributed by atoms with Gasteiger partial charge in [-0.2, -0.15) is 18.2 Å². The Kier molecular flexibility index (Phi) is 6.80. The molecule has 2 aromatic carbocycles. The summed E-state index contributed by atoms with van der Waals surface area (Å²) < 4.78 is 56.4. The normalized spacial score (nSPS) is 21.8. The van der Waals surface area contributed by atoms with Crippen LogP contribution in [0.15, 0.2) is 35.5 Å². The zero-order chi connectivity index (χ0) is 26.4. The molecule has 14 heteroatoms. The van der Waals surface area contributed by atoms with E-state index in [1.807, 2.05) is 0 Å². The van der Waals surface area contributed by atoms with E-state index in [-0.39, 0.29) is 30.0 Å². The maximum atomic E-state index is 14.2. The van der Waals surface area contributed by atoms with Crippen molar-refractivity contribution in [1.82, 2.24) is 10.4 Å². The Morgan fingerprint density at radius 3 is 2.44 bits per heavy atom. The van der Waals surface area contributed by atoms with Crippen LogP contribution in [0, 0.1) is 12.7 Å². The van der Waals surface area contributed by atoms with Gasteiger partial charge >= 0.3 is 12.3 Å². The molecule has 1 saturated heterocycles. The number of rotatable bonds is 4. The summed E-state index contributed by atoms with van der Waals surface area (Å²) in [6.45, 7) is 1.50. The smallest absolute Gasteiger partial charge is 0.435 e. The van der Waals surface area contributed by atoms with Crippen molar-refractivity contribution in [2.24, 2.45) is 5.16 Å². The van der Waals surface area contributed by atoms with Gasteiger partial charge in [0, 0.05) is 17.5 Å². The summed E-state index contributed by atoms with van der Waals surface area (Å²) in [5.74, 6) is -1.56. The number of nitrogens with zero attached hydrogens (tertiary/aromatic N) is 2. The highest BCUT2D eigenvalue weighted by Gasteiger charge is 2.62. The molecule has 0 bridgehead atoms. The lowest BCUT2D eigenvalue weighted by molar-refractivity contribution is -0.275. The maximum Gasteiger partial charge on any atom is 0.435 e. The molecular weight excluding hydrogens is 533 g/mol. The van der Waals surface area contributed by atoms with E-state index in [4.69, 9.17) is 38.0 Å². The van der Waals surface area contributed by atoms with Crippen molar-refractivity contribution in [3.05, 3.63) is 68.4 Å². The first-order chi connectivity index (χ1) is 16.8. The van der Waals surface area contributed by atoms with Gasteiger partial charge in [0.15, 0.2) is 5.82 Å². The Balaban J connectivity index is 1.55. The monoisotopic (exact) mass is 549 g/mol. The zero-order valence-electron chi connectivity index (χ0n) is 18.3. The summed E-state index contributed by atoms with van der Waals surface area (Å²) in [6, 6.07) is 5.32. The minimum absolute atomic E-state index is 0.0275. The highest BCUT2D eigenvalue weighted by Crippen LogP contribution is 2.50. The number of hydroxylamine groups is 2. The van der Waals surface area contributed by atoms with E-state index in [1.54, 1.807) is 6.92 Å². The SMILES string of the molecule is Cc1cc(C2=NO[C@@](c3cc(Cl)c(F)c(Cl)c3)(C(F)(F)F)C2)ccc1C(=O)N[C@@H]1CON(C(=O)O)C1. The molecule has 8 nitrogen and oxygen atoms in total. The third-order valence-corrected chi connectivity index (χ3v) is 6.36. The fourth-order valence-electron chi connectivity index (χ4n) is 3.91. The molecule has 2 N–H and O–H groups in total. The topological polar surface area (TPSA) is 100 Å². The predicted octanol–water partition coefficient (Wildman–Crippen LogP) is 5.05. The summed E-state index contributed by atoms with van der Waals surface area (Å²) in [5.41, 5.74) is -2.57. The quantitative estimate of drug-likeness (QED) is 0.410. The molecule has 0 unspecified atom stereocenters. The summed E-state index contributed by atoms with van der Waals surface area (Å²) >= 11 is 11.4. The minimum atomic E-state index is -4.95. The molecule has 1 fully saturated rings. The zero-order valence-corrected chi connectivity index (χ0v) is 19.8. The number of benzene rings is 2. The molecule has 192 valence electrons. The van der Waals surface area contributed by atoms with Crippen molar-refractivity contribution in [3.63, 3.8) is 0 Å². The number of carboxylic acid groups (broad SMARTS) is 1. The van der Waals surface area contributed by atoms with Gasteiger partial charge in [-0.1, -0.05) is 34.4 Å².